The fourth-order valence-corrected chi connectivity index (χ4v) is 3.66. The molecule has 0 aliphatic heterocycles. The minimum absolute atomic E-state index is 0.254. The Morgan fingerprint density at radius 3 is 2.15 bits per heavy atom. The van der Waals surface area contributed by atoms with Gasteiger partial charge in [0.05, 0.1) is 17.1 Å². The summed E-state index contributed by atoms with van der Waals surface area (Å²) >= 11 is 0. The van der Waals surface area contributed by atoms with Crippen molar-refractivity contribution in [2.45, 2.75) is 0 Å². The average molecular weight is 437 g/mol. The molecule has 6 heteroatoms. The van der Waals surface area contributed by atoms with Gasteiger partial charge in [0.2, 0.25) is 0 Å². The molecule has 0 fully saturated rings. The third-order valence-corrected chi connectivity index (χ3v) is 5.27. The van der Waals surface area contributed by atoms with E-state index in [2.05, 4.69) is 11.4 Å². The topological polar surface area (TPSA) is 113 Å². The first-order chi connectivity index (χ1) is 16.1. The molecule has 5 rings (SSSR count). The van der Waals surface area contributed by atoms with Crippen LogP contribution in [-0.4, -0.2) is 11.0 Å². The lowest BCUT2D eigenvalue weighted by Gasteiger charge is -2.15. The Morgan fingerprint density at radius 2 is 1.39 bits per heavy atom. The molecule has 0 bridgehead atoms. The monoisotopic (exact) mass is 436 g/mol. The Bertz CT molecular complexity index is 1410. The van der Waals surface area contributed by atoms with Gasteiger partial charge in [0.15, 0.2) is 0 Å². The van der Waals surface area contributed by atoms with Gasteiger partial charge < -0.3 is 16.2 Å². The van der Waals surface area contributed by atoms with Crippen molar-refractivity contribution in [3.8, 4) is 5.75 Å². The summed E-state index contributed by atoms with van der Waals surface area (Å²) in [6, 6.07) is 32.2. The lowest BCUT2D eigenvalue weighted by atomic mass is 10.0. The maximum Gasteiger partial charge on any atom is 0.265 e. The van der Waals surface area contributed by atoms with Gasteiger partial charge in [0.1, 0.15) is 5.75 Å². The van der Waals surface area contributed by atoms with Gasteiger partial charge in [-0.3, -0.25) is 10.2 Å². The number of anilines is 3. The van der Waals surface area contributed by atoms with Crippen molar-refractivity contribution in [1.29, 1.82) is 0 Å². The molecule has 0 unspecified atom stereocenters. The number of nitrogen functional groups attached to an aromatic ring is 2. The molecule has 0 aromatic heterocycles. The third kappa shape index (κ3) is 4.71. The fraction of sp³-hybridized carbons (Fsp3) is 0. The highest BCUT2D eigenvalue weighted by molar-refractivity contribution is 6.06. The number of hydrogen-bond donors (Lipinski definition) is 5. The molecular weight excluding hydrogens is 412 g/mol. The zero-order chi connectivity index (χ0) is 23.2. The van der Waals surface area contributed by atoms with Crippen LogP contribution in [0.4, 0.5) is 17.1 Å². The zero-order valence-electron chi connectivity index (χ0n) is 17.8. The molecule has 0 aliphatic carbocycles. The fourth-order valence-electron chi connectivity index (χ4n) is 3.66. The number of hydrazine groups is 1. The molecule has 164 valence electrons. The van der Waals surface area contributed by atoms with E-state index >= 15 is 0 Å². The summed E-state index contributed by atoms with van der Waals surface area (Å²) in [5, 5.41) is 17.6. The predicted molar refractivity (Wildman–Crippen MR) is 135 cm³/mol. The van der Waals surface area contributed by atoms with E-state index < -0.39 is 0 Å². The Hall–Kier alpha value is -4.55. The number of nitrogens with two attached hydrogens (primary N) is 2. The SMILES string of the molecule is NNC(=O)c1ccccc1.Nc1ccc2ccccc2c1Nc1cccc2cccc(O)c12. The molecule has 5 aromatic carbocycles. The zero-order valence-corrected chi connectivity index (χ0v) is 17.8. The van der Waals surface area contributed by atoms with E-state index in [0.717, 1.165) is 32.9 Å². The molecule has 0 radical (unpaired) electrons. The summed E-state index contributed by atoms with van der Waals surface area (Å²) in [5.41, 5.74) is 11.2. The van der Waals surface area contributed by atoms with Crippen LogP contribution >= 0.6 is 0 Å². The van der Waals surface area contributed by atoms with E-state index in [0.29, 0.717) is 11.3 Å². The molecular formula is C27H24N4O2. The van der Waals surface area contributed by atoms with Crippen LogP contribution in [0.5, 0.6) is 5.75 Å². The van der Waals surface area contributed by atoms with Crippen LogP contribution in [0.1, 0.15) is 10.4 Å². The van der Waals surface area contributed by atoms with Crippen LogP contribution in [0.2, 0.25) is 0 Å². The van der Waals surface area contributed by atoms with Crippen molar-refractivity contribution in [2.75, 3.05) is 11.1 Å². The molecule has 0 heterocycles. The highest BCUT2D eigenvalue weighted by atomic mass is 16.3. The number of carbonyl (C=O) groups is 1. The lowest BCUT2D eigenvalue weighted by molar-refractivity contribution is 0.0953. The number of nitrogens with one attached hydrogen (secondary N) is 2. The summed E-state index contributed by atoms with van der Waals surface area (Å²) < 4.78 is 0. The highest BCUT2D eigenvalue weighted by Crippen LogP contribution is 2.37. The van der Waals surface area contributed by atoms with Crippen molar-refractivity contribution < 1.29 is 9.90 Å². The summed E-state index contributed by atoms with van der Waals surface area (Å²) in [7, 11) is 0. The molecule has 6 nitrogen and oxygen atoms in total. The first-order valence-corrected chi connectivity index (χ1v) is 10.4. The molecule has 0 atom stereocenters. The van der Waals surface area contributed by atoms with Crippen LogP contribution in [-0.2, 0) is 0 Å². The number of phenolic OH excluding ortho intramolecular Hbond substituents is 1. The second-order valence-electron chi connectivity index (χ2n) is 7.40. The van der Waals surface area contributed by atoms with Crippen LogP contribution in [0.3, 0.4) is 0 Å². The first kappa shape index (κ1) is 21.7. The van der Waals surface area contributed by atoms with Gasteiger partial charge in [-0.2, -0.15) is 0 Å². The summed E-state index contributed by atoms with van der Waals surface area (Å²) in [4.78, 5) is 10.8. The second-order valence-corrected chi connectivity index (χ2v) is 7.40. The molecule has 33 heavy (non-hydrogen) atoms. The summed E-state index contributed by atoms with van der Waals surface area (Å²) in [6.45, 7) is 0. The number of carbonyl (C=O) groups excluding carboxylic acids is 1. The number of amides is 1. The number of benzene rings is 5. The van der Waals surface area contributed by atoms with Crippen molar-refractivity contribution >= 4 is 44.5 Å². The Balaban J connectivity index is 0.000000219. The standard InChI is InChI=1S/C20H16N2O.C7H8N2O/c21-16-12-11-13-5-1-2-8-15(13)20(16)22-17-9-3-6-14-7-4-10-18(23)19(14)17;8-9-7(10)6-4-2-1-3-5-6/h1-12,22-23H,21H2;1-5H,8H2,(H,9,10). The van der Waals surface area contributed by atoms with E-state index in [9.17, 15) is 9.90 Å². The molecule has 0 saturated heterocycles. The number of fused-ring (bicyclic) bond motifs is 2. The summed E-state index contributed by atoms with van der Waals surface area (Å²) in [6.07, 6.45) is 0. The molecule has 1 amide bonds. The molecule has 5 aromatic rings. The predicted octanol–water partition coefficient (Wildman–Crippen LogP) is 5.31. The average Bonchev–Trinajstić information content (AvgIpc) is 2.86. The maximum atomic E-state index is 10.8. The quantitative estimate of drug-likeness (QED) is 0.114. The number of phenols is 1. The number of hydrogen-bond acceptors (Lipinski definition) is 5. The van der Waals surface area contributed by atoms with Crippen LogP contribution in [0.15, 0.2) is 103 Å². The van der Waals surface area contributed by atoms with Crippen molar-refractivity contribution in [1.82, 2.24) is 5.43 Å². The second kappa shape index (κ2) is 9.72. The van der Waals surface area contributed by atoms with Crippen molar-refractivity contribution in [3.05, 3.63) is 109 Å². The Morgan fingerprint density at radius 1 is 0.727 bits per heavy atom. The summed E-state index contributed by atoms with van der Waals surface area (Å²) in [5.74, 6) is 4.90. The van der Waals surface area contributed by atoms with Gasteiger partial charge in [0.25, 0.3) is 5.91 Å². The van der Waals surface area contributed by atoms with E-state index in [1.165, 1.54) is 0 Å². The van der Waals surface area contributed by atoms with E-state index in [4.69, 9.17) is 11.6 Å². The van der Waals surface area contributed by atoms with E-state index in [1.54, 1.807) is 30.3 Å². The number of rotatable bonds is 3. The largest absolute Gasteiger partial charge is 0.507 e. The molecule has 0 aliphatic rings. The van der Waals surface area contributed by atoms with Gasteiger partial charge in [-0.15, -0.1) is 0 Å². The van der Waals surface area contributed by atoms with Gasteiger partial charge in [-0.1, -0.05) is 72.8 Å². The van der Waals surface area contributed by atoms with E-state index in [-0.39, 0.29) is 11.7 Å². The third-order valence-electron chi connectivity index (χ3n) is 5.27. The highest BCUT2D eigenvalue weighted by Gasteiger charge is 2.10. The molecule has 0 saturated carbocycles. The minimum atomic E-state index is -0.263. The smallest absolute Gasteiger partial charge is 0.265 e. The van der Waals surface area contributed by atoms with Crippen molar-refractivity contribution in [2.24, 2.45) is 5.84 Å². The van der Waals surface area contributed by atoms with Crippen LogP contribution in [0.25, 0.3) is 21.5 Å². The normalized spacial score (nSPS) is 10.3. The van der Waals surface area contributed by atoms with Gasteiger partial charge in [-0.05, 0) is 41.1 Å². The molecule has 7 N–H and O–H groups in total. The lowest BCUT2D eigenvalue weighted by Crippen LogP contribution is -2.29. The van der Waals surface area contributed by atoms with Gasteiger partial charge in [0, 0.05) is 16.3 Å². The Kier molecular flexibility index (Phi) is 6.38. The first-order valence-electron chi connectivity index (χ1n) is 10.4. The maximum absolute atomic E-state index is 10.8. The van der Waals surface area contributed by atoms with Crippen LogP contribution < -0.4 is 22.3 Å². The Labute approximate surface area is 191 Å². The van der Waals surface area contributed by atoms with E-state index in [1.807, 2.05) is 72.2 Å². The van der Waals surface area contributed by atoms with Gasteiger partial charge >= 0.3 is 0 Å². The van der Waals surface area contributed by atoms with Gasteiger partial charge in [-0.25, -0.2) is 5.84 Å². The number of aromatic hydroxyl groups is 1. The van der Waals surface area contributed by atoms with Crippen molar-refractivity contribution in [3.63, 3.8) is 0 Å². The molecule has 0 spiro atoms. The van der Waals surface area contributed by atoms with Crippen LogP contribution in [0, 0.1) is 0 Å². The minimum Gasteiger partial charge on any atom is -0.507 e.